The van der Waals surface area contributed by atoms with Gasteiger partial charge in [-0.1, -0.05) is 60.7 Å². The van der Waals surface area contributed by atoms with Gasteiger partial charge in [0, 0.05) is 63.5 Å². The number of nitrogens with zero attached hydrogens (tertiary/aromatic N) is 6. The van der Waals surface area contributed by atoms with Crippen molar-refractivity contribution >= 4 is 11.6 Å². The summed E-state index contributed by atoms with van der Waals surface area (Å²) in [7, 11) is 0. The highest BCUT2D eigenvalue weighted by molar-refractivity contribution is 5.62. The molecule has 4 aromatic rings. The highest BCUT2D eigenvalue weighted by Gasteiger charge is 2.12. The molecule has 0 saturated carbocycles. The topological polar surface area (TPSA) is 101 Å². The van der Waals surface area contributed by atoms with E-state index in [1.165, 1.54) is 0 Å². The number of anilines is 2. The van der Waals surface area contributed by atoms with Gasteiger partial charge >= 0.3 is 0 Å². The Bertz CT molecular complexity index is 1300. The Morgan fingerprint density at radius 1 is 0.568 bits per heavy atom. The zero-order chi connectivity index (χ0) is 30.4. The van der Waals surface area contributed by atoms with Crippen LogP contribution in [0.1, 0.15) is 11.1 Å². The maximum atomic E-state index is 5.35. The summed E-state index contributed by atoms with van der Waals surface area (Å²) in [4.78, 5) is 4.80. The number of morpholine rings is 2. The molecule has 2 saturated heterocycles. The number of hydrogen-bond acceptors (Lipinski definition) is 10. The molecule has 0 atom stereocenters. The predicted octanol–water partition coefficient (Wildman–Crippen LogP) is 4.39. The number of rotatable bonds is 10. The number of aryl methyl sites for hydroxylation is 2. The van der Waals surface area contributed by atoms with E-state index in [0.717, 1.165) is 124 Å². The third kappa shape index (κ3) is 9.52. The molecule has 44 heavy (non-hydrogen) atoms. The van der Waals surface area contributed by atoms with E-state index < -0.39 is 0 Å². The molecule has 0 spiro atoms. The Labute approximate surface area is 260 Å². The maximum Gasteiger partial charge on any atom is 0.151 e. The van der Waals surface area contributed by atoms with Gasteiger partial charge in [-0.3, -0.25) is 9.80 Å². The van der Waals surface area contributed by atoms with E-state index in [-0.39, 0.29) is 0 Å². The normalized spacial score (nSPS) is 15.7. The first kappa shape index (κ1) is 31.5. The molecule has 4 heterocycles. The third-order valence-corrected chi connectivity index (χ3v) is 7.76. The van der Waals surface area contributed by atoms with Gasteiger partial charge in [0.2, 0.25) is 0 Å². The largest absolute Gasteiger partial charge is 0.379 e. The molecular weight excluding hydrogens is 552 g/mol. The number of nitrogens with one attached hydrogen (secondary N) is 2. The fourth-order valence-electron chi connectivity index (χ4n) is 5.13. The van der Waals surface area contributed by atoms with Crippen LogP contribution in [0.25, 0.3) is 22.5 Å². The van der Waals surface area contributed by atoms with Crippen molar-refractivity contribution < 1.29 is 9.47 Å². The molecule has 2 aromatic carbocycles. The van der Waals surface area contributed by atoms with Crippen molar-refractivity contribution in [3.8, 4) is 22.5 Å². The lowest BCUT2D eigenvalue weighted by Gasteiger charge is -2.26. The molecule has 0 unspecified atom stereocenters. The molecule has 10 heteroatoms. The van der Waals surface area contributed by atoms with Crippen LogP contribution in [0.4, 0.5) is 11.6 Å². The van der Waals surface area contributed by atoms with Crippen molar-refractivity contribution in [1.82, 2.24) is 30.2 Å². The van der Waals surface area contributed by atoms with Gasteiger partial charge in [-0.15, -0.1) is 20.4 Å². The van der Waals surface area contributed by atoms with E-state index in [0.29, 0.717) is 0 Å². The molecule has 232 valence electrons. The smallest absolute Gasteiger partial charge is 0.151 e. The van der Waals surface area contributed by atoms with Crippen molar-refractivity contribution in [2.75, 3.05) is 89.4 Å². The molecule has 0 bridgehead atoms. The number of ether oxygens (including phenoxy) is 2. The lowest BCUT2D eigenvalue weighted by molar-refractivity contribution is 0.0398. The lowest BCUT2D eigenvalue weighted by atomic mass is 10.1. The Morgan fingerprint density at radius 2 is 0.955 bits per heavy atom. The number of benzene rings is 2. The minimum absolute atomic E-state index is 0.838. The second-order valence-electron chi connectivity index (χ2n) is 11.0. The minimum Gasteiger partial charge on any atom is -0.379 e. The first-order valence-electron chi connectivity index (χ1n) is 15.5. The van der Waals surface area contributed by atoms with Crippen molar-refractivity contribution in [3.63, 3.8) is 0 Å². The van der Waals surface area contributed by atoms with E-state index in [2.05, 4.69) is 91.1 Å². The fourth-order valence-corrected chi connectivity index (χ4v) is 5.13. The molecule has 2 aromatic heterocycles. The average molecular weight is 597 g/mol. The average Bonchev–Trinajstić information content (AvgIpc) is 3.08. The minimum atomic E-state index is 0.838. The molecule has 2 aliphatic heterocycles. The van der Waals surface area contributed by atoms with E-state index in [4.69, 9.17) is 9.47 Å². The van der Waals surface area contributed by atoms with Crippen LogP contribution < -0.4 is 10.6 Å². The Hall–Kier alpha value is -3.96. The standard InChI is InChI=1S/2C17H22N4O/c2*1-14-13-16(15-5-3-2-4-6-15)19-20-17(14)18-7-8-21-9-11-22-12-10-21/h2*2-6,13H,7-12H2,1H3,(H,18,20). The van der Waals surface area contributed by atoms with Crippen molar-refractivity contribution in [1.29, 1.82) is 0 Å². The van der Waals surface area contributed by atoms with Crippen LogP contribution in [-0.4, -0.2) is 109 Å². The van der Waals surface area contributed by atoms with Gasteiger partial charge in [-0.05, 0) is 37.1 Å². The van der Waals surface area contributed by atoms with E-state index >= 15 is 0 Å². The summed E-state index contributed by atoms with van der Waals surface area (Å²) in [5, 5.41) is 24.1. The van der Waals surface area contributed by atoms with E-state index in [9.17, 15) is 0 Å². The van der Waals surface area contributed by atoms with E-state index in [1.54, 1.807) is 0 Å². The molecule has 10 nitrogen and oxygen atoms in total. The molecule has 2 N–H and O–H groups in total. The first-order chi connectivity index (χ1) is 21.7. The SMILES string of the molecule is Cc1cc(-c2ccccc2)nnc1NCCN1CCOCC1.Cc1cc(-c2ccccc2)nnc1NCCN1CCOCC1. The van der Waals surface area contributed by atoms with Gasteiger partial charge in [0.1, 0.15) is 0 Å². The van der Waals surface area contributed by atoms with Crippen LogP contribution >= 0.6 is 0 Å². The number of hydrogen-bond donors (Lipinski definition) is 2. The maximum absolute atomic E-state index is 5.35. The van der Waals surface area contributed by atoms with Crippen molar-refractivity contribution in [2.45, 2.75) is 13.8 Å². The molecule has 0 aliphatic carbocycles. The van der Waals surface area contributed by atoms with Crippen LogP contribution in [0.3, 0.4) is 0 Å². The van der Waals surface area contributed by atoms with Crippen LogP contribution in [0.5, 0.6) is 0 Å². The quantitative estimate of drug-likeness (QED) is 0.274. The first-order valence-corrected chi connectivity index (χ1v) is 15.5. The highest BCUT2D eigenvalue weighted by atomic mass is 16.5. The second-order valence-corrected chi connectivity index (χ2v) is 11.0. The van der Waals surface area contributed by atoms with Gasteiger partial charge in [0.15, 0.2) is 11.6 Å². The van der Waals surface area contributed by atoms with Gasteiger partial charge in [0.25, 0.3) is 0 Å². The third-order valence-electron chi connectivity index (χ3n) is 7.76. The Balaban J connectivity index is 0.000000175. The molecule has 0 radical (unpaired) electrons. The Morgan fingerprint density at radius 3 is 1.32 bits per heavy atom. The molecule has 0 amide bonds. The summed E-state index contributed by atoms with van der Waals surface area (Å²) in [6, 6.07) is 24.4. The van der Waals surface area contributed by atoms with Gasteiger partial charge in [0.05, 0.1) is 37.8 Å². The summed E-state index contributed by atoms with van der Waals surface area (Å²) in [6.45, 7) is 15.3. The summed E-state index contributed by atoms with van der Waals surface area (Å²) >= 11 is 0. The van der Waals surface area contributed by atoms with Crippen LogP contribution in [0.15, 0.2) is 72.8 Å². The molecular formula is C34H44N8O2. The highest BCUT2D eigenvalue weighted by Crippen LogP contribution is 2.21. The molecule has 2 fully saturated rings. The van der Waals surface area contributed by atoms with Crippen molar-refractivity contribution in [2.24, 2.45) is 0 Å². The van der Waals surface area contributed by atoms with Crippen LogP contribution in [0.2, 0.25) is 0 Å². The van der Waals surface area contributed by atoms with Crippen molar-refractivity contribution in [3.05, 3.63) is 83.9 Å². The summed E-state index contributed by atoms with van der Waals surface area (Å²) in [5.41, 5.74) is 6.26. The van der Waals surface area contributed by atoms with Crippen LogP contribution in [0, 0.1) is 13.8 Å². The zero-order valence-corrected chi connectivity index (χ0v) is 25.9. The zero-order valence-electron chi connectivity index (χ0n) is 25.9. The summed E-state index contributed by atoms with van der Waals surface area (Å²) in [5.74, 6) is 1.74. The van der Waals surface area contributed by atoms with Gasteiger partial charge in [-0.25, -0.2) is 0 Å². The number of aromatic nitrogens is 4. The molecule has 6 rings (SSSR count). The Kier molecular flexibility index (Phi) is 12.0. The van der Waals surface area contributed by atoms with Gasteiger partial charge in [-0.2, -0.15) is 0 Å². The predicted molar refractivity (Wildman–Crippen MR) is 176 cm³/mol. The monoisotopic (exact) mass is 596 g/mol. The summed E-state index contributed by atoms with van der Waals surface area (Å²) < 4.78 is 10.7. The second kappa shape index (κ2) is 16.8. The molecule has 2 aliphatic rings. The summed E-state index contributed by atoms with van der Waals surface area (Å²) in [6.07, 6.45) is 0. The fraction of sp³-hybridized carbons (Fsp3) is 0.412. The lowest BCUT2D eigenvalue weighted by Crippen LogP contribution is -2.39. The van der Waals surface area contributed by atoms with E-state index in [1.807, 2.05) is 36.4 Å². The van der Waals surface area contributed by atoms with Crippen LogP contribution in [-0.2, 0) is 9.47 Å². The van der Waals surface area contributed by atoms with Gasteiger partial charge < -0.3 is 20.1 Å².